The van der Waals surface area contributed by atoms with Crippen LogP contribution < -0.4 is 20.1 Å². The lowest BCUT2D eigenvalue weighted by atomic mass is 10.1. The number of anilines is 2. The number of hydrogen-bond acceptors (Lipinski definition) is 7. The number of hydrogen-bond donors (Lipinski definition) is 2. The smallest absolute Gasteiger partial charge is 0.306 e. The highest BCUT2D eigenvalue weighted by Crippen LogP contribution is 2.31. The second kappa shape index (κ2) is 12.7. The maximum absolute atomic E-state index is 12.2. The van der Waals surface area contributed by atoms with Gasteiger partial charge in [-0.25, -0.2) is 0 Å². The third kappa shape index (κ3) is 7.98. The van der Waals surface area contributed by atoms with Crippen LogP contribution in [-0.4, -0.2) is 37.3 Å². The van der Waals surface area contributed by atoms with Crippen molar-refractivity contribution in [2.75, 3.05) is 24.4 Å². The molecule has 0 fully saturated rings. The molecule has 0 bridgehead atoms. The summed E-state index contributed by atoms with van der Waals surface area (Å²) in [5, 5.41) is 5.24. The van der Waals surface area contributed by atoms with E-state index in [1.165, 1.54) is 13.0 Å². The highest BCUT2D eigenvalue weighted by molar-refractivity contribution is 5.98. The number of amides is 2. The Kier molecular flexibility index (Phi) is 9.16. The van der Waals surface area contributed by atoms with E-state index >= 15 is 0 Å². The van der Waals surface area contributed by atoms with Gasteiger partial charge in [0.2, 0.25) is 5.91 Å². The maximum atomic E-state index is 12.2. The van der Waals surface area contributed by atoms with E-state index in [1.807, 2.05) is 12.1 Å². The van der Waals surface area contributed by atoms with Gasteiger partial charge in [0, 0.05) is 23.4 Å². The van der Waals surface area contributed by atoms with Crippen LogP contribution in [0.4, 0.5) is 11.4 Å². The first kappa shape index (κ1) is 26.0. The van der Waals surface area contributed by atoms with Crippen molar-refractivity contribution in [3.05, 3.63) is 78.4 Å². The fraction of sp³-hybridized carbons (Fsp3) is 0.185. The Bertz CT molecular complexity index is 1240. The summed E-state index contributed by atoms with van der Waals surface area (Å²) in [6.45, 7) is 0.921. The first-order valence-electron chi connectivity index (χ1n) is 11.1. The molecule has 0 saturated heterocycles. The molecule has 0 atom stereocenters. The third-order valence-corrected chi connectivity index (χ3v) is 4.91. The number of rotatable bonds is 11. The second-order valence-electron chi connectivity index (χ2n) is 7.67. The van der Waals surface area contributed by atoms with E-state index in [4.69, 9.17) is 14.2 Å². The quantitative estimate of drug-likeness (QED) is 0.298. The molecular weight excluding hydrogens is 464 g/mol. The lowest BCUT2D eigenvalue weighted by Gasteiger charge is -2.11. The van der Waals surface area contributed by atoms with Crippen LogP contribution in [-0.2, 0) is 19.1 Å². The van der Waals surface area contributed by atoms with E-state index in [9.17, 15) is 19.2 Å². The number of carbonyl (C=O) groups is 4. The van der Waals surface area contributed by atoms with Gasteiger partial charge in [0.05, 0.1) is 13.5 Å². The van der Waals surface area contributed by atoms with E-state index in [2.05, 4.69) is 10.6 Å². The number of para-hydroxylation sites is 2. The largest absolute Gasteiger partial charge is 0.493 e. The van der Waals surface area contributed by atoms with Gasteiger partial charge < -0.3 is 24.8 Å². The molecule has 36 heavy (non-hydrogen) atoms. The minimum Gasteiger partial charge on any atom is -0.493 e. The molecule has 9 heteroatoms. The Balaban J connectivity index is 1.39. The molecule has 2 amide bonds. The van der Waals surface area contributed by atoms with Gasteiger partial charge in [-0.05, 0) is 55.5 Å². The summed E-state index contributed by atoms with van der Waals surface area (Å²) in [5.41, 5.74) is 1.41. The SMILES string of the molecule is COc1ccccc1Oc1ccc(NC(=O)CCC(=O)OCC(=O)Nc2cccc(C(C)=O)c2)cc1. The number of benzene rings is 3. The average Bonchev–Trinajstić information content (AvgIpc) is 2.88. The molecular formula is C27H26N2O7. The summed E-state index contributed by atoms with van der Waals surface area (Å²) in [4.78, 5) is 47.5. The van der Waals surface area contributed by atoms with Crippen molar-refractivity contribution < 1.29 is 33.4 Å². The van der Waals surface area contributed by atoms with Gasteiger partial charge in [-0.1, -0.05) is 24.3 Å². The van der Waals surface area contributed by atoms with Crippen molar-refractivity contribution in [3.63, 3.8) is 0 Å². The predicted octanol–water partition coefficient (Wildman–Crippen LogP) is 4.59. The molecule has 9 nitrogen and oxygen atoms in total. The predicted molar refractivity (Wildman–Crippen MR) is 133 cm³/mol. The molecule has 0 aliphatic rings. The molecule has 0 saturated carbocycles. The third-order valence-electron chi connectivity index (χ3n) is 4.91. The zero-order chi connectivity index (χ0) is 25.9. The molecule has 0 aliphatic carbocycles. The summed E-state index contributed by atoms with van der Waals surface area (Å²) < 4.78 is 16.0. The van der Waals surface area contributed by atoms with Gasteiger partial charge in [0.15, 0.2) is 23.9 Å². The number of ether oxygens (including phenoxy) is 3. The Morgan fingerprint density at radius 2 is 1.44 bits per heavy atom. The van der Waals surface area contributed by atoms with Crippen LogP contribution in [0.2, 0.25) is 0 Å². The lowest BCUT2D eigenvalue weighted by Crippen LogP contribution is -2.22. The van der Waals surface area contributed by atoms with Gasteiger partial charge in [-0.2, -0.15) is 0 Å². The van der Waals surface area contributed by atoms with Gasteiger partial charge in [0.25, 0.3) is 5.91 Å². The van der Waals surface area contributed by atoms with E-state index < -0.39 is 18.5 Å². The summed E-state index contributed by atoms with van der Waals surface area (Å²) in [6, 6.07) is 20.4. The number of ketones is 1. The lowest BCUT2D eigenvalue weighted by molar-refractivity contribution is -0.147. The number of nitrogens with one attached hydrogen (secondary N) is 2. The van der Waals surface area contributed by atoms with Crippen LogP contribution in [0.15, 0.2) is 72.8 Å². The summed E-state index contributed by atoms with van der Waals surface area (Å²) in [6.07, 6.45) is -0.297. The van der Waals surface area contributed by atoms with Crippen molar-refractivity contribution >= 4 is 34.9 Å². The van der Waals surface area contributed by atoms with Crippen LogP contribution in [0.25, 0.3) is 0 Å². The summed E-state index contributed by atoms with van der Waals surface area (Å²) in [5.74, 6) is -0.0200. The number of esters is 1. The molecule has 3 aromatic rings. The first-order valence-corrected chi connectivity index (χ1v) is 11.1. The van der Waals surface area contributed by atoms with Crippen molar-refractivity contribution in [1.29, 1.82) is 0 Å². The summed E-state index contributed by atoms with van der Waals surface area (Å²) >= 11 is 0. The average molecular weight is 491 g/mol. The van der Waals surface area contributed by atoms with Gasteiger partial charge in [-0.15, -0.1) is 0 Å². The van der Waals surface area contributed by atoms with E-state index in [-0.39, 0.29) is 24.5 Å². The Hall–Kier alpha value is -4.66. The first-order chi connectivity index (χ1) is 17.3. The van der Waals surface area contributed by atoms with Crippen LogP contribution >= 0.6 is 0 Å². The number of Topliss-reactive ketones (excluding diaryl/α,β-unsaturated/α-hetero) is 1. The fourth-order valence-electron chi connectivity index (χ4n) is 3.11. The van der Waals surface area contributed by atoms with E-state index in [0.717, 1.165) is 0 Å². The van der Waals surface area contributed by atoms with Crippen molar-refractivity contribution in [1.82, 2.24) is 0 Å². The van der Waals surface area contributed by atoms with Crippen LogP contribution in [0.3, 0.4) is 0 Å². The Morgan fingerprint density at radius 3 is 2.14 bits per heavy atom. The monoisotopic (exact) mass is 490 g/mol. The van der Waals surface area contributed by atoms with Crippen LogP contribution in [0, 0.1) is 0 Å². The van der Waals surface area contributed by atoms with E-state index in [0.29, 0.717) is 34.2 Å². The highest BCUT2D eigenvalue weighted by atomic mass is 16.5. The number of methoxy groups -OCH3 is 1. The van der Waals surface area contributed by atoms with Crippen molar-refractivity contribution in [2.45, 2.75) is 19.8 Å². The molecule has 3 aromatic carbocycles. The molecule has 3 rings (SSSR count). The Morgan fingerprint density at radius 1 is 0.750 bits per heavy atom. The van der Waals surface area contributed by atoms with Crippen LogP contribution in [0.1, 0.15) is 30.1 Å². The van der Waals surface area contributed by atoms with Crippen molar-refractivity contribution in [3.8, 4) is 17.2 Å². The van der Waals surface area contributed by atoms with Gasteiger partial charge in [-0.3, -0.25) is 19.2 Å². The molecule has 0 radical (unpaired) electrons. The molecule has 2 N–H and O–H groups in total. The van der Waals surface area contributed by atoms with Gasteiger partial charge >= 0.3 is 5.97 Å². The molecule has 0 aliphatic heterocycles. The minimum atomic E-state index is -0.682. The normalized spacial score (nSPS) is 10.2. The fourth-order valence-corrected chi connectivity index (χ4v) is 3.11. The van der Waals surface area contributed by atoms with Gasteiger partial charge in [0.1, 0.15) is 5.75 Å². The number of carbonyl (C=O) groups excluding carboxylic acids is 4. The standard InChI is InChI=1S/C27H26N2O7/c1-18(30)19-6-5-7-21(16-19)29-26(32)17-35-27(33)15-14-25(31)28-20-10-12-22(13-11-20)36-24-9-4-3-8-23(24)34-2/h3-13,16H,14-15,17H2,1-2H3,(H,28,31)(H,29,32). The maximum Gasteiger partial charge on any atom is 0.306 e. The van der Waals surface area contributed by atoms with Crippen LogP contribution in [0.5, 0.6) is 17.2 Å². The van der Waals surface area contributed by atoms with Crippen molar-refractivity contribution in [2.24, 2.45) is 0 Å². The minimum absolute atomic E-state index is 0.111. The molecule has 0 aromatic heterocycles. The Labute approximate surface area is 208 Å². The summed E-state index contributed by atoms with van der Waals surface area (Å²) in [7, 11) is 1.56. The molecule has 0 spiro atoms. The zero-order valence-electron chi connectivity index (χ0n) is 19.9. The topological polar surface area (TPSA) is 120 Å². The molecule has 0 heterocycles. The molecule has 186 valence electrons. The second-order valence-corrected chi connectivity index (χ2v) is 7.67. The van der Waals surface area contributed by atoms with E-state index in [1.54, 1.807) is 61.7 Å². The highest BCUT2D eigenvalue weighted by Gasteiger charge is 2.12. The molecule has 0 unspecified atom stereocenters. The zero-order valence-corrected chi connectivity index (χ0v) is 19.9.